The Morgan fingerprint density at radius 1 is 1.43 bits per heavy atom. The number of hydrogen-bond donors (Lipinski definition) is 1. The second-order valence-corrected chi connectivity index (χ2v) is 3.78. The predicted octanol–water partition coefficient (Wildman–Crippen LogP) is 1.46. The second kappa shape index (κ2) is 4.51. The summed E-state index contributed by atoms with van der Waals surface area (Å²) >= 11 is 0. The average molecular weight is 191 g/mol. The first-order valence-corrected chi connectivity index (χ1v) is 5.44. The topological polar surface area (TPSA) is 37.8 Å². The van der Waals surface area contributed by atoms with E-state index in [0.29, 0.717) is 0 Å². The van der Waals surface area contributed by atoms with Crippen LogP contribution in [0.1, 0.15) is 36.7 Å². The van der Waals surface area contributed by atoms with E-state index in [4.69, 9.17) is 0 Å². The van der Waals surface area contributed by atoms with Crippen LogP contribution in [0.3, 0.4) is 0 Å². The molecule has 0 bridgehead atoms. The summed E-state index contributed by atoms with van der Waals surface area (Å²) in [7, 11) is 0. The van der Waals surface area contributed by atoms with Gasteiger partial charge in [-0.1, -0.05) is 13.3 Å². The first-order chi connectivity index (χ1) is 6.92. The number of aryl methyl sites for hydroxylation is 1. The molecule has 0 fully saturated rings. The molecule has 2 rings (SSSR count). The number of nitrogens with one attached hydrogen (secondary N) is 1. The molecule has 76 valence electrons. The van der Waals surface area contributed by atoms with Crippen LogP contribution in [-0.2, 0) is 19.4 Å². The third-order valence-corrected chi connectivity index (χ3v) is 2.73. The minimum Gasteiger partial charge on any atom is -0.312 e. The SMILES string of the molecule is CCCCc1ncnc2c1CNCC2. The Hall–Kier alpha value is -0.960. The predicted molar refractivity (Wildman–Crippen MR) is 56.1 cm³/mol. The molecule has 0 spiro atoms. The standard InChI is InChI=1S/C11H17N3/c1-2-3-4-10-9-7-12-6-5-11(9)14-8-13-10/h8,12H,2-7H2,1H3. The Morgan fingerprint density at radius 2 is 2.36 bits per heavy atom. The lowest BCUT2D eigenvalue weighted by Gasteiger charge is -2.18. The van der Waals surface area contributed by atoms with Crippen molar-refractivity contribution < 1.29 is 0 Å². The molecule has 0 amide bonds. The Bertz CT molecular complexity index is 309. The van der Waals surface area contributed by atoms with Gasteiger partial charge in [0.25, 0.3) is 0 Å². The average Bonchev–Trinajstić information content (AvgIpc) is 2.26. The summed E-state index contributed by atoms with van der Waals surface area (Å²) in [5.41, 5.74) is 3.86. The monoisotopic (exact) mass is 191 g/mol. The number of nitrogens with zero attached hydrogens (tertiary/aromatic N) is 2. The van der Waals surface area contributed by atoms with Crippen LogP contribution in [0.2, 0.25) is 0 Å². The van der Waals surface area contributed by atoms with Crippen molar-refractivity contribution in [3.05, 3.63) is 23.3 Å². The van der Waals surface area contributed by atoms with Crippen LogP contribution in [-0.4, -0.2) is 16.5 Å². The Balaban J connectivity index is 2.21. The van der Waals surface area contributed by atoms with Crippen LogP contribution >= 0.6 is 0 Å². The van der Waals surface area contributed by atoms with Gasteiger partial charge in [-0.2, -0.15) is 0 Å². The Labute approximate surface area is 85.0 Å². The zero-order valence-electron chi connectivity index (χ0n) is 8.71. The Morgan fingerprint density at radius 3 is 3.21 bits per heavy atom. The van der Waals surface area contributed by atoms with Gasteiger partial charge in [-0.05, 0) is 12.8 Å². The highest BCUT2D eigenvalue weighted by atomic mass is 14.9. The fraction of sp³-hybridized carbons (Fsp3) is 0.636. The van der Waals surface area contributed by atoms with E-state index in [1.807, 2.05) is 0 Å². The van der Waals surface area contributed by atoms with Crippen molar-refractivity contribution in [3.8, 4) is 0 Å². The molecule has 0 atom stereocenters. The quantitative estimate of drug-likeness (QED) is 0.786. The highest BCUT2D eigenvalue weighted by Gasteiger charge is 2.13. The third-order valence-electron chi connectivity index (χ3n) is 2.73. The van der Waals surface area contributed by atoms with Crippen molar-refractivity contribution in [3.63, 3.8) is 0 Å². The minimum atomic E-state index is 0.954. The minimum absolute atomic E-state index is 0.954. The zero-order chi connectivity index (χ0) is 9.80. The normalized spacial score (nSPS) is 15.2. The van der Waals surface area contributed by atoms with Crippen LogP contribution < -0.4 is 5.32 Å². The molecule has 0 radical (unpaired) electrons. The molecule has 1 aliphatic rings. The van der Waals surface area contributed by atoms with Gasteiger partial charge >= 0.3 is 0 Å². The molecule has 2 heterocycles. The molecule has 1 aromatic rings. The molecule has 0 saturated carbocycles. The fourth-order valence-electron chi connectivity index (χ4n) is 1.89. The molecule has 0 unspecified atom stereocenters. The van der Waals surface area contributed by atoms with Gasteiger partial charge in [0.05, 0.1) is 0 Å². The number of hydrogen-bond acceptors (Lipinski definition) is 3. The van der Waals surface area contributed by atoms with Gasteiger partial charge in [0, 0.05) is 36.5 Å². The van der Waals surface area contributed by atoms with Crippen molar-refractivity contribution in [2.75, 3.05) is 6.54 Å². The molecule has 1 aliphatic heterocycles. The zero-order valence-corrected chi connectivity index (χ0v) is 8.71. The van der Waals surface area contributed by atoms with Crippen molar-refractivity contribution in [2.24, 2.45) is 0 Å². The lowest BCUT2D eigenvalue weighted by molar-refractivity contribution is 0.611. The van der Waals surface area contributed by atoms with Crippen molar-refractivity contribution >= 4 is 0 Å². The van der Waals surface area contributed by atoms with E-state index in [2.05, 4.69) is 22.2 Å². The van der Waals surface area contributed by atoms with E-state index in [-0.39, 0.29) is 0 Å². The van der Waals surface area contributed by atoms with Gasteiger partial charge in [-0.25, -0.2) is 9.97 Å². The van der Waals surface area contributed by atoms with Crippen LogP contribution in [0.15, 0.2) is 6.33 Å². The molecule has 0 aliphatic carbocycles. The smallest absolute Gasteiger partial charge is 0.115 e. The summed E-state index contributed by atoms with van der Waals surface area (Å²) < 4.78 is 0. The first-order valence-electron chi connectivity index (χ1n) is 5.44. The number of aromatic nitrogens is 2. The summed E-state index contributed by atoms with van der Waals surface area (Å²) in [4.78, 5) is 8.72. The molecule has 0 aromatic carbocycles. The maximum absolute atomic E-state index is 4.38. The fourth-order valence-corrected chi connectivity index (χ4v) is 1.89. The van der Waals surface area contributed by atoms with Crippen LogP contribution in [0.4, 0.5) is 0 Å². The summed E-state index contributed by atoms with van der Waals surface area (Å²) in [6.45, 7) is 4.22. The third kappa shape index (κ3) is 1.93. The molecular weight excluding hydrogens is 174 g/mol. The van der Waals surface area contributed by atoms with Gasteiger partial charge in [0.15, 0.2) is 0 Å². The van der Waals surface area contributed by atoms with E-state index < -0.39 is 0 Å². The molecule has 0 saturated heterocycles. The highest BCUT2D eigenvalue weighted by molar-refractivity contribution is 5.26. The summed E-state index contributed by atoms with van der Waals surface area (Å²) in [5.74, 6) is 0. The van der Waals surface area contributed by atoms with Gasteiger partial charge in [0.1, 0.15) is 6.33 Å². The van der Waals surface area contributed by atoms with Gasteiger partial charge in [0.2, 0.25) is 0 Å². The first kappa shape index (κ1) is 9.59. The van der Waals surface area contributed by atoms with Crippen LogP contribution in [0.25, 0.3) is 0 Å². The largest absolute Gasteiger partial charge is 0.312 e. The summed E-state index contributed by atoms with van der Waals surface area (Å²) in [5, 5.41) is 3.38. The van der Waals surface area contributed by atoms with E-state index >= 15 is 0 Å². The van der Waals surface area contributed by atoms with E-state index in [1.54, 1.807) is 6.33 Å². The maximum atomic E-state index is 4.38. The number of rotatable bonds is 3. The van der Waals surface area contributed by atoms with Crippen LogP contribution in [0, 0.1) is 0 Å². The molecule has 3 heteroatoms. The maximum Gasteiger partial charge on any atom is 0.115 e. The van der Waals surface area contributed by atoms with E-state index in [0.717, 1.165) is 25.9 Å². The summed E-state index contributed by atoms with van der Waals surface area (Å²) in [6, 6.07) is 0. The lowest BCUT2D eigenvalue weighted by Crippen LogP contribution is -2.26. The highest BCUT2D eigenvalue weighted by Crippen LogP contribution is 2.15. The molecule has 1 aromatic heterocycles. The molecular formula is C11H17N3. The number of unbranched alkanes of at least 4 members (excludes halogenated alkanes) is 1. The Kier molecular flexibility index (Phi) is 3.09. The molecule has 14 heavy (non-hydrogen) atoms. The second-order valence-electron chi connectivity index (χ2n) is 3.78. The van der Waals surface area contributed by atoms with Gasteiger partial charge in [-0.15, -0.1) is 0 Å². The number of fused-ring (bicyclic) bond motifs is 1. The van der Waals surface area contributed by atoms with Crippen molar-refractivity contribution in [1.29, 1.82) is 0 Å². The van der Waals surface area contributed by atoms with E-state index in [9.17, 15) is 0 Å². The van der Waals surface area contributed by atoms with Crippen LogP contribution in [0.5, 0.6) is 0 Å². The van der Waals surface area contributed by atoms with E-state index in [1.165, 1.54) is 29.8 Å². The van der Waals surface area contributed by atoms with Crippen molar-refractivity contribution in [1.82, 2.24) is 15.3 Å². The summed E-state index contributed by atoms with van der Waals surface area (Å²) in [6.07, 6.45) is 6.32. The molecule has 1 N–H and O–H groups in total. The van der Waals surface area contributed by atoms with Gasteiger partial charge in [-0.3, -0.25) is 0 Å². The molecule has 3 nitrogen and oxygen atoms in total. The lowest BCUT2D eigenvalue weighted by atomic mass is 10.0. The van der Waals surface area contributed by atoms with Crippen molar-refractivity contribution in [2.45, 2.75) is 39.2 Å². The van der Waals surface area contributed by atoms with Gasteiger partial charge < -0.3 is 5.32 Å².